The molecule has 2 rings (SSSR count). The minimum absolute atomic E-state index is 0.244. The summed E-state index contributed by atoms with van der Waals surface area (Å²) < 4.78 is 5.15. The van der Waals surface area contributed by atoms with Crippen molar-refractivity contribution in [2.24, 2.45) is 4.99 Å². The van der Waals surface area contributed by atoms with Crippen LogP contribution in [0.4, 0.5) is 0 Å². The van der Waals surface area contributed by atoms with Crippen LogP contribution >= 0.6 is 0 Å². The molecule has 2 aromatic rings. The van der Waals surface area contributed by atoms with Crippen molar-refractivity contribution in [2.45, 2.75) is 13.5 Å². The largest absolute Gasteiger partial charge is 0.507 e. The van der Waals surface area contributed by atoms with Crippen LogP contribution in [0.25, 0.3) is 0 Å². The molecule has 0 spiro atoms. The Morgan fingerprint density at radius 1 is 1.38 bits per heavy atom. The summed E-state index contributed by atoms with van der Waals surface area (Å²) >= 11 is 0. The number of furan rings is 1. The van der Waals surface area contributed by atoms with Gasteiger partial charge in [-0.05, 0) is 31.2 Å². The first-order chi connectivity index (χ1) is 7.75. The van der Waals surface area contributed by atoms with Crippen molar-refractivity contribution in [3.63, 3.8) is 0 Å². The van der Waals surface area contributed by atoms with Crippen LogP contribution in [-0.2, 0) is 6.54 Å². The van der Waals surface area contributed by atoms with Gasteiger partial charge in [0.25, 0.3) is 0 Å². The third-order valence-electron chi connectivity index (χ3n) is 2.24. The number of hydrogen-bond donors (Lipinski definition) is 1. The standard InChI is InChI=1S/C13H13NO2/c1-10-4-5-13(15)11(7-10)8-14-9-12-3-2-6-16-12/h2-8,15H,9H2,1H3. The molecule has 0 aliphatic carbocycles. The summed E-state index contributed by atoms with van der Waals surface area (Å²) in [6.45, 7) is 2.46. The second kappa shape index (κ2) is 4.66. The topological polar surface area (TPSA) is 45.7 Å². The highest BCUT2D eigenvalue weighted by Gasteiger charge is 1.97. The van der Waals surface area contributed by atoms with E-state index in [9.17, 15) is 5.11 Å². The fourth-order valence-corrected chi connectivity index (χ4v) is 1.41. The first kappa shape index (κ1) is 10.5. The van der Waals surface area contributed by atoms with Crippen molar-refractivity contribution < 1.29 is 9.52 Å². The van der Waals surface area contributed by atoms with Crippen molar-refractivity contribution in [3.8, 4) is 5.75 Å². The Morgan fingerprint density at radius 3 is 3.00 bits per heavy atom. The summed E-state index contributed by atoms with van der Waals surface area (Å²) in [4.78, 5) is 4.21. The van der Waals surface area contributed by atoms with E-state index in [1.54, 1.807) is 18.5 Å². The molecule has 82 valence electrons. The molecule has 1 aromatic carbocycles. The van der Waals surface area contributed by atoms with Crippen molar-refractivity contribution in [1.29, 1.82) is 0 Å². The van der Waals surface area contributed by atoms with Gasteiger partial charge >= 0.3 is 0 Å². The van der Waals surface area contributed by atoms with E-state index < -0.39 is 0 Å². The summed E-state index contributed by atoms with van der Waals surface area (Å²) in [6, 6.07) is 9.12. The molecule has 0 fully saturated rings. The normalized spacial score (nSPS) is 11.1. The molecule has 16 heavy (non-hydrogen) atoms. The number of hydrogen-bond acceptors (Lipinski definition) is 3. The lowest BCUT2D eigenvalue weighted by atomic mass is 10.1. The van der Waals surface area contributed by atoms with E-state index >= 15 is 0 Å². The van der Waals surface area contributed by atoms with E-state index in [1.165, 1.54) is 0 Å². The van der Waals surface area contributed by atoms with Crippen LogP contribution in [0.3, 0.4) is 0 Å². The van der Waals surface area contributed by atoms with Gasteiger partial charge in [-0.1, -0.05) is 11.6 Å². The molecular formula is C13H13NO2. The third-order valence-corrected chi connectivity index (χ3v) is 2.24. The highest BCUT2D eigenvalue weighted by atomic mass is 16.3. The van der Waals surface area contributed by atoms with Gasteiger partial charge in [0.2, 0.25) is 0 Å². The van der Waals surface area contributed by atoms with Gasteiger partial charge in [-0.25, -0.2) is 0 Å². The highest BCUT2D eigenvalue weighted by Crippen LogP contribution is 2.16. The van der Waals surface area contributed by atoms with Gasteiger partial charge < -0.3 is 9.52 Å². The third kappa shape index (κ3) is 2.51. The molecule has 0 saturated carbocycles. The molecule has 0 radical (unpaired) electrons. The predicted molar refractivity (Wildman–Crippen MR) is 62.8 cm³/mol. The van der Waals surface area contributed by atoms with Crippen molar-refractivity contribution >= 4 is 6.21 Å². The minimum atomic E-state index is 0.244. The van der Waals surface area contributed by atoms with Crippen LogP contribution in [0.2, 0.25) is 0 Å². The summed E-state index contributed by atoms with van der Waals surface area (Å²) in [5.74, 6) is 1.05. The molecule has 0 unspecified atom stereocenters. The van der Waals surface area contributed by atoms with Gasteiger partial charge in [0.05, 0.1) is 12.8 Å². The van der Waals surface area contributed by atoms with Crippen LogP contribution in [-0.4, -0.2) is 11.3 Å². The molecule has 3 heteroatoms. The van der Waals surface area contributed by atoms with Crippen LogP contribution in [0, 0.1) is 6.92 Å². The molecule has 1 aromatic heterocycles. The smallest absolute Gasteiger partial charge is 0.125 e. The van der Waals surface area contributed by atoms with Gasteiger partial charge in [-0.15, -0.1) is 0 Å². The van der Waals surface area contributed by atoms with Crippen LogP contribution in [0.5, 0.6) is 5.75 Å². The Hall–Kier alpha value is -2.03. The van der Waals surface area contributed by atoms with Gasteiger partial charge in [0.15, 0.2) is 0 Å². The Kier molecular flexibility index (Phi) is 3.05. The summed E-state index contributed by atoms with van der Waals surface area (Å²) in [7, 11) is 0. The lowest BCUT2D eigenvalue weighted by molar-refractivity contribution is 0.474. The molecule has 0 atom stereocenters. The number of aromatic hydroxyl groups is 1. The summed E-state index contributed by atoms with van der Waals surface area (Å²) in [5.41, 5.74) is 1.82. The summed E-state index contributed by atoms with van der Waals surface area (Å²) in [6.07, 6.45) is 3.28. The van der Waals surface area contributed by atoms with Gasteiger partial charge in [-0.2, -0.15) is 0 Å². The SMILES string of the molecule is Cc1ccc(O)c(C=NCc2ccco2)c1. The number of aryl methyl sites for hydroxylation is 1. The van der Waals surface area contributed by atoms with E-state index in [0.29, 0.717) is 6.54 Å². The van der Waals surface area contributed by atoms with Gasteiger partial charge in [0.1, 0.15) is 11.5 Å². The molecular weight excluding hydrogens is 202 g/mol. The average Bonchev–Trinajstić information content (AvgIpc) is 2.76. The number of phenols is 1. The zero-order chi connectivity index (χ0) is 11.4. The first-order valence-electron chi connectivity index (χ1n) is 5.07. The lowest BCUT2D eigenvalue weighted by Gasteiger charge is -1.99. The number of rotatable bonds is 3. The predicted octanol–water partition coefficient (Wildman–Crippen LogP) is 2.91. The second-order valence-corrected chi connectivity index (χ2v) is 3.61. The molecule has 0 aliphatic heterocycles. The number of benzene rings is 1. The average molecular weight is 215 g/mol. The fraction of sp³-hybridized carbons (Fsp3) is 0.154. The first-order valence-corrected chi connectivity index (χ1v) is 5.07. The minimum Gasteiger partial charge on any atom is -0.507 e. The van der Waals surface area contributed by atoms with Gasteiger partial charge in [0, 0.05) is 11.8 Å². The lowest BCUT2D eigenvalue weighted by Crippen LogP contribution is -1.85. The van der Waals surface area contributed by atoms with Crippen molar-refractivity contribution in [3.05, 3.63) is 53.5 Å². The maximum atomic E-state index is 9.58. The Morgan fingerprint density at radius 2 is 2.25 bits per heavy atom. The number of nitrogens with zero attached hydrogens (tertiary/aromatic N) is 1. The molecule has 0 bridgehead atoms. The van der Waals surface area contributed by atoms with E-state index in [2.05, 4.69) is 4.99 Å². The molecule has 0 amide bonds. The van der Waals surface area contributed by atoms with E-state index in [0.717, 1.165) is 16.9 Å². The molecule has 1 N–H and O–H groups in total. The molecule has 1 heterocycles. The van der Waals surface area contributed by atoms with E-state index in [4.69, 9.17) is 4.42 Å². The number of phenolic OH excluding ortho intramolecular Hbond substituents is 1. The van der Waals surface area contributed by atoms with Crippen molar-refractivity contribution in [1.82, 2.24) is 0 Å². The highest BCUT2D eigenvalue weighted by molar-refractivity contribution is 5.83. The summed E-state index contributed by atoms with van der Waals surface area (Å²) in [5, 5.41) is 9.58. The van der Waals surface area contributed by atoms with E-state index in [1.807, 2.05) is 31.2 Å². The Labute approximate surface area is 94.1 Å². The zero-order valence-electron chi connectivity index (χ0n) is 9.05. The maximum absolute atomic E-state index is 9.58. The van der Waals surface area contributed by atoms with E-state index in [-0.39, 0.29) is 5.75 Å². The monoisotopic (exact) mass is 215 g/mol. The Balaban J connectivity index is 2.08. The number of aliphatic imine (C=N–C) groups is 1. The molecule has 0 saturated heterocycles. The zero-order valence-corrected chi connectivity index (χ0v) is 9.05. The fourth-order valence-electron chi connectivity index (χ4n) is 1.41. The van der Waals surface area contributed by atoms with Gasteiger partial charge in [-0.3, -0.25) is 4.99 Å². The quantitative estimate of drug-likeness (QED) is 0.800. The molecule has 3 nitrogen and oxygen atoms in total. The van der Waals surface area contributed by atoms with Crippen LogP contribution < -0.4 is 0 Å². The van der Waals surface area contributed by atoms with Crippen LogP contribution in [0.1, 0.15) is 16.9 Å². The maximum Gasteiger partial charge on any atom is 0.125 e. The Bertz CT molecular complexity index is 487. The van der Waals surface area contributed by atoms with Crippen LogP contribution in [0.15, 0.2) is 46.0 Å². The second-order valence-electron chi connectivity index (χ2n) is 3.61. The molecule has 0 aliphatic rings. The van der Waals surface area contributed by atoms with Crippen molar-refractivity contribution in [2.75, 3.05) is 0 Å².